The van der Waals surface area contributed by atoms with Crippen LogP contribution in [0, 0.1) is 0 Å². The van der Waals surface area contributed by atoms with Crippen LogP contribution < -0.4 is 25.1 Å². The second-order valence-corrected chi connectivity index (χ2v) is 10.3. The number of benzene rings is 4. The zero-order valence-corrected chi connectivity index (χ0v) is 25.3. The number of nitrogens with zero attached hydrogens (tertiary/aromatic N) is 2. The van der Waals surface area contributed by atoms with Gasteiger partial charge in [-0.25, -0.2) is 10.2 Å². The Labute approximate surface area is 258 Å². The highest BCUT2D eigenvalue weighted by atomic mass is 79.9. The number of nitrogens with one attached hydrogen (secondary N) is 2. The summed E-state index contributed by atoms with van der Waals surface area (Å²) < 4.78 is 11.7. The van der Waals surface area contributed by atoms with Crippen LogP contribution in [-0.2, 0) is 4.79 Å². The zero-order valence-electron chi connectivity index (χ0n) is 23.7. The van der Waals surface area contributed by atoms with Crippen molar-refractivity contribution in [2.75, 3.05) is 26.1 Å². The summed E-state index contributed by atoms with van der Waals surface area (Å²) in [6, 6.07) is 27.7. The predicted octanol–water partition coefficient (Wildman–Crippen LogP) is 5.66. The van der Waals surface area contributed by atoms with Gasteiger partial charge in [0.25, 0.3) is 11.8 Å². The fourth-order valence-electron chi connectivity index (χ4n) is 3.80. The molecule has 4 rings (SSSR count). The average Bonchev–Trinajstić information content (AvgIpc) is 3.02. The smallest absolute Gasteiger partial charge is 0.343 e. The van der Waals surface area contributed by atoms with Crippen molar-refractivity contribution in [2.24, 2.45) is 5.10 Å². The molecule has 0 spiro atoms. The lowest BCUT2D eigenvalue weighted by Crippen LogP contribution is -2.32. The summed E-state index contributed by atoms with van der Waals surface area (Å²) in [5, 5.41) is 6.73. The number of carbonyl (C=O) groups is 3. The quantitative estimate of drug-likeness (QED) is 0.0761. The van der Waals surface area contributed by atoms with Crippen LogP contribution in [0.5, 0.6) is 11.5 Å². The molecule has 10 heteroatoms. The molecule has 0 aromatic heterocycles. The molecule has 2 amide bonds. The van der Waals surface area contributed by atoms with E-state index >= 15 is 0 Å². The molecule has 218 valence electrons. The average molecular weight is 642 g/mol. The maximum absolute atomic E-state index is 13.1. The van der Waals surface area contributed by atoms with E-state index in [9.17, 15) is 14.4 Å². The predicted molar refractivity (Wildman–Crippen MR) is 170 cm³/mol. The van der Waals surface area contributed by atoms with Crippen LogP contribution in [0.25, 0.3) is 6.08 Å². The number of ether oxygens (including phenoxy) is 2. The highest BCUT2D eigenvalue weighted by Crippen LogP contribution is 2.28. The van der Waals surface area contributed by atoms with E-state index in [0.29, 0.717) is 28.0 Å². The third kappa shape index (κ3) is 8.64. The van der Waals surface area contributed by atoms with Gasteiger partial charge in [0, 0.05) is 29.8 Å². The van der Waals surface area contributed by atoms with E-state index in [1.54, 1.807) is 78.9 Å². The molecule has 0 aliphatic rings. The minimum Gasteiger partial charge on any atom is -0.493 e. The van der Waals surface area contributed by atoms with Gasteiger partial charge in [-0.2, -0.15) is 5.10 Å². The molecular weight excluding hydrogens is 612 g/mol. The van der Waals surface area contributed by atoms with Crippen molar-refractivity contribution >= 4 is 51.7 Å². The molecule has 0 saturated carbocycles. The molecule has 0 saturated heterocycles. The summed E-state index contributed by atoms with van der Waals surface area (Å²) in [6.45, 7) is 0. The highest BCUT2D eigenvalue weighted by Gasteiger charge is 2.15. The van der Waals surface area contributed by atoms with E-state index in [0.717, 1.165) is 10.2 Å². The van der Waals surface area contributed by atoms with Gasteiger partial charge >= 0.3 is 5.97 Å². The van der Waals surface area contributed by atoms with Crippen molar-refractivity contribution in [1.82, 2.24) is 10.7 Å². The standard InChI is InChI=1S/C33H29BrN4O5/c1-38(2)27-16-9-22(10-17-27)19-28(36-31(39)24-7-5-4-6-8-24)32(40)37-35-21-23-11-18-29(30(20-23)42-3)43-33(41)25-12-14-26(34)15-13-25/h4-21H,1-3H3,(H,36,39)(H,37,40)/b28-19+,35-21+. The van der Waals surface area contributed by atoms with Crippen molar-refractivity contribution < 1.29 is 23.9 Å². The second kappa shape index (κ2) is 14.6. The minimum atomic E-state index is -0.621. The molecule has 9 nitrogen and oxygen atoms in total. The molecule has 4 aromatic carbocycles. The van der Waals surface area contributed by atoms with Gasteiger partial charge in [-0.3, -0.25) is 9.59 Å². The molecule has 4 aromatic rings. The third-order valence-electron chi connectivity index (χ3n) is 6.10. The van der Waals surface area contributed by atoms with Gasteiger partial charge in [-0.05, 0) is 83.9 Å². The normalized spacial score (nSPS) is 11.1. The van der Waals surface area contributed by atoms with Gasteiger partial charge in [0.15, 0.2) is 11.5 Å². The number of halogens is 1. The Morgan fingerprint density at radius 2 is 1.49 bits per heavy atom. The summed E-state index contributed by atoms with van der Waals surface area (Å²) in [4.78, 5) is 40.5. The number of anilines is 1. The van der Waals surface area contributed by atoms with Crippen LogP contribution in [0.3, 0.4) is 0 Å². The maximum atomic E-state index is 13.1. The number of carbonyl (C=O) groups excluding carboxylic acids is 3. The summed E-state index contributed by atoms with van der Waals surface area (Å²) >= 11 is 3.34. The molecule has 0 unspecified atom stereocenters. The Balaban J connectivity index is 1.49. The summed E-state index contributed by atoms with van der Waals surface area (Å²) in [6.07, 6.45) is 2.98. The van der Waals surface area contributed by atoms with Gasteiger partial charge in [0.05, 0.1) is 18.9 Å². The van der Waals surface area contributed by atoms with Gasteiger partial charge in [-0.1, -0.05) is 46.3 Å². The Kier molecular flexibility index (Phi) is 10.4. The maximum Gasteiger partial charge on any atom is 0.343 e. The number of methoxy groups -OCH3 is 1. The number of hydrogen-bond donors (Lipinski definition) is 2. The van der Waals surface area contributed by atoms with E-state index in [-0.39, 0.29) is 11.4 Å². The first-order chi connectivity index (χ1) is 20.7. The number of hydrogen-bond acceptors (Lipinski definition) is 7. The van der Waals surface area contributed by atoms with Gasteiger partial charge in [0.1, 0.15) is 5.70 Å². The van der Waals surface area contributed by atoms with Crippen LogP contribution in [0.4, 0.5) is 5.69 Å². The fourth-order valence-corrected chi connectivity index (χ4v) is 4.06. The molecule has 43 heavy (non-hydrogen) atoms. The molecule has 0 radical (unpaired) electrons. The summed E-state index contributed by atoms with van der Waals surface area (Å²) in [5.74, 6) is -1.06. The van der Waals surface area contributed by atoms with Crippen molar-refractivity contribution in [1.29, 1.82) is 0 Å². The number of rotatable bonds is 10. The molecule has 0 fully saturated rings. The minimum absolute atomic E-state index is 0.0105. The number of amides is 2. The molecule has 0 atom stereocenters. The van der Waals surface area contributed by atoms with Gasteiger partial charge in [-0.15, -0.1) is 0 Å². The first-order valence-corrected chi connectivity index (χ1v) is 13.9. The molecule has 0 heterocycles. The SMILES string of the molecule is COc1cc(/C=N/NC(=O)/C(=C\c2ccc(N(C)C)cc2)NC(=O)c2ccccc2)ccc1OC(=O)c1ccc(Br)cc1. The Bertz CT molecular complexity index is 1650. The first kappa shape index (κ1) is 30.7. The fraction of sp³-hybridized carbons (Fsp3) is 0.0909. The largest absolute Gasteiger partial charge is 0.493 e. The molecule has 0 aliphatic heterocycles. The van der Waals surface area contributed by atoms with Crippen LogP contribution in [0.2, 0.25) is 0 Å². The Hall–Kier alpha value is -5.22. The summed E-state index contributed by atoms with van der Waals surface area (Å²) in [7, 11) is 5.32. The summed E-state index contributed by atoms with van der Waals surface area (Å²) in [5.41, 5.74) is 5.53. The van der Waals surface area contributed by atoms with Crippen molar-refractivity contribution in [3.05, 3.63) is 129 Å². The molecule has 0 bridgehead atoms. The molecule has 0 aliphatic carbocycles. The van der Waals surface area contributed by atoms with Crippen LogP contribution >= 0.6 is 15.9 Å². The lowest BCUT2D eigenvalue weighted by molar-refractivity contribution is -0.117. The highest BCUT2D eigenvalue weighted by molar-refractivity contribution is 9.10. The monoisotopic (exact) mass is 640 g/mol. The van der Waals surface area contributed by atoms with Gasteiger partial charge < -0.3 is 19.7 Å². The zero-order chi connectivity index (χ0) is 30.8. The second-order valence-electron chi connectivity index (χ2n) is 9.37. The lowest BCUT2D eigenvalue weighted by Gasteiger charge is -2.13. The van der Waals surface area contributed by atoms with Crippen LogP contribution in [0.1, 0.15) is 31.8 Å². The van der Waals surface area contributed by atoms with E-state index in [1.165, 1.54) is 13.3 Å². The van der Waals surface area contributed by atoms with Crippen LogP contribution in [-0.4, -0.2) is 45.2 Å². The van der Waals surface area contributed by atoms with Crippen molar-refractivity contribution in [3.8, 4) is 11.5 Å². The molecular formula is C33H29BrN4O5. The number of esters is 1. The van der Waals surface area contributed by atoms with Crippen molar-refractivity contribution in [3.63, 3.8) is 0 Å². The van der Waals surface area contributed by atoms with E-state index in [2.05, 4.69) is 31.8 Å². The third-order valence-corrected chi connectivity index (χ3v) is 6.63. The van der Waals surface area contributed by atoms with Crippen molar-refractivity contribution in [2.45, 2.75) is 0 Å². The Morgan fingerprint density at radius 1 is 0.814 bits per heavy atom. The Morgan fingerprint density at radius 3 is 2.14 bits per heavy atom. The number of hydrazone groups is 1. The topological polar surface area (TPSA) is 109 Å². The van der Waals surface area contributed by atoms with E-state index < -0.39 is 17.8 Å². The molecule has 2 N–H and O–H groups in total. The van der Waals surface area contributed by atoms with E-state index in [1.807, 2.05) is 43.3 Å². The van der Waals surface area contributed by atoms with Crippen LogP contribution in [0.15, 0.2) is 112 Å². The van der Waals surface area contributed by atoms with Gasteiger partial charge in [0.2, 0.25) is 0 Å². The first-order valence-electron chi connectivity index (χ1n) is 13.1. The lowest BCUT2D eigenvalue weighted by atomic mass is 10.1. The van der Waals surface area contributed by atoms with E-state index in [4.69, 9.17) is 9.47 Å².